The van der Waals surface area contributed by atoms with Crippen LogP contribution in [0.2, 0.25) is 0 Å². The fraction of sp³-hybridized carbons (Fsp3) is 0.438. The van der Waals surface area contributed by atoms with Crippen LogP contribution in [-0.4, -0.2) is 24.8 Å². The predicted octanol–water partition coefficient (Wildman–Crippen LogP) is 1.86. The molecule has 0 spiro atoms. The van der Waals surface area contributed by atoms with Gasteiger partial charge in [0.25, 0.3) is 0 Å². The first kappa shape index (κ1) is 16.9. The van der Waals surface area contributed by atoms with Gasteiger partial charge in [-0.3, -0.25) is 14.4 Å². The lowest BCUT2D eigenvalue weighted by Gasteiger charge is -2.26. The molecule has 0 fully saturated rings. The molecule has 0 unspecified atom stereocenters. The first-order chi connectivity index (χ1) is 9.79. The first-order valence-electron chi connectivity index (χ1n) is 6.71. The molecule has 1 N–H and O–H groups in total. The molecule has 0 bridgehead atoms. The van der Waals surface area contributed by atoms with E-state index in [-0.39, 0.29) is 11.7 Å². The molecule has 0 aromatic heterocycles. The lowest BCUT2D eigenvalue weighted by atomic mass is 9.86. The highest BCUT2D eigenvalue weighted by atomic mass is 16.5. The Kier molecular flexibility index (Phi) is 5.64. The molecule has 0 saturated carbocycles. The second kappa shape index (κ2) is 7.02. The Hall–Kier alpha value is -2.17. The second-order valence-electron chi connectivity index (χ2n) is 5.08. The van der Waals surface area contributed by atoms with Crippen molar-refractivity contribution in [2.45, 2.75) is 33.7 Å². The van der Waals surface area contributed by atoms with Gasteiger partial charge in [-0.15, -0.1) is 0 Å². The monoisotopic (exact) mass is 291 g/mol. The molecule has 0 aliphatic carbocycles. The summed E-state index contributed by atoms with van der Waals surface area (Å²) in [6.07, 6.45) is 0. The zero-order valence-corrected chi connectivity index (χ0v) is 13.0. The number of carbonyl (C=O) groups excluding carboxylic acids is 3. The van der Waals surface area contributed by atoms with E-state index in [9.17, 15) is 14.4 Å². The number of ether oxygens (including phenoxy) is 1. The van der Waals surface area contributed by atoms with Crippen molar-refractivity contribution in [3.8, 4) is 0 Å². The Bertz CT molecular complexity index is 565. The molecule has 1 rings (SSSR count). The Labute approximate surface area is 124 Å². The van der Waals surface area contributed by atoms with Crippen molar-refractivity contribution in [2.75, 3.05) is 7.11 Å². The molecule has 1 amide bonds. The van der Waals surface area contributed by atoms with Crippen molar-refractivity contribution < 1.29 is 19.1 Å². The lowest BCUT2D eigenvalue weighted by Crippen LogP contribution is -2.40. The normalized spacial score (nSPS) is 13.2. The number of ketones is 1. The van der Waals surface area contributed by atoms with Gasteiger partial charge in [0, 0.05) is 6.92 Å². The van der Waals surface area contributed by atoms with Gasteiger partial charge >= 0.3 is 5.97 Å². The molecule has 2 atom stereocenters. The van der Waals surface area contributed by atoms with Gasteiger partial charge < -0.3 is 10.1 Å². The molecule has 0 aliphatic heterocycles. The fourth-order valence-corrected chi connectivity index (χ4v) is 2.33. The number of Topliss-reactive ketones (excluding diaryl/α,β-unsaturated/α-hetero) is 1. The third-order valence-electron chi connectivity index (χ3n) is 3.57. The Morgan fingerprint density at radius 2 is 1.76 bits per heavy atom. The maximum atomic E-state index is 12.0. The van der Waals surface area contributed by atoms with E-state index >= 15 is 0 Å². The van der Waals surface area contributed by atoms with Gasteiger partial charge in [0.1, 0.15) is 11.7 Å². The molecule has 0 radical (unpaired) electrons. The molecule has 0 saturated heterocycles. The van der Waals surface area contributed by atoms with Crippen molar-refractivity contribution in [3.63, 3.8) is 0 Å². The van der Waals surface area contributed by atoms with E-state index in [1.807, 2.05) is 32.0 Å². The molecule has 21 heavy (non-hydrogen) atoms. The number of carbonyl (C=O) groups is 3. The topological polar surface area (TPSA) is 72.5 Å². The number of benzene rings is 1. The van der Waals surface area contributed by atoms with E-state index in [1.54, 1.807) is 0 Å². The molecule has 114 valence electrons. The molecular weight excluding hydrogens is 270 g/mol. The number of hydrogen-bond acceptors (Lipinski definition) is 4. The van der Waals surface area contributed by atoms with E-state index in [1.165, 1.54) is 21.0 Å². The number of rotatable bonds is 5. The highest BCUT2D eigenvalue weighted by Gasteiger charge is 2.35. The van der Waals surface area contributed by atoms with Gasteiger partial charge in [0.05, 0.1) is 13.2 Å². The lowest BCUT2D eigenvalue weighted by molar-refractivity contribution is -0.150. The molecule has 0 heterocycles. The summed E-state index contributed by atoms with van der Waals surface area (Å²) in [5.74, 6) is -2.36. The molecule has 5 nitrogen and oxygen atoms in total. The van der Waals surface area contributed by atoms with Crippen molar-refractivity contribution in [1.82, 2.24) is 5.32 Å². The number of aryl methyl sites for hydroxylation is 1. The van der Waals surface area contributed by atoms with Gasteiger partial charge in [-0.1, -0.05) is 18.2 Å². The number of amides is 1. The molecule has 5 heteroatoms. The fourth-order valence-electron chi connectivity index (χ4n) is 2.33. The number of methoxy groups -OCH3 is 1. The van der Waals surface area contributed by atoms with Gasteiger partial charge in [0.2, 0.25) is 5.91 Å². The van der Waals surface area contributed by atoms with Crippen LogP contribution in [0.15, 0.2) is 18.2 Å². The van der Waals surface area contributed by atoms with Crippen LogP contribution in [0.3, 0.4) is 0 Å². The molecule has 0 aliphatic rings. The largest absolute Gasteiger partial charge is 0.468 e. The van der Waals surface area contributed by atoms with Crippen LogP contribution in [0.5, 0.6) is 0 Å². The van der Waals surface area contributed by atoms with Gasteiger partial charge in [-0.25, -0.2) is 0 Å². The quantitative estimate of drug-likeness (QED) is 0.664. The minimum Gasteiger partial charge on any atom is -0.468 e. The highest BCUT2D eigenvalue weighted by molar-refractivity contribution is 5.99. The third-order valence-corrected chi connectivity index (χ3v) is 3.57. The Morgan fingerprint density at radius 1 is 1.14 bits per heavy atom. The van der Waals surface area contributed by atoms with E-state index in [2.05, 4.69) is 5.32 Å². The van der Waals surface area contributed by atoms with E-state index in [0.29, 0.717) is 0 Å². The van der Waals surface area contributed by atoms with Gasteiger partial charge in [-0.05, 0) is 37.5 Å². The summed E-state index contributed by atoms with van der Waals surface area (Å²) >= 11 is 0. The SMILES string of the molecule is COC(=O)[C@@H](C(C)=O)[C@@H](NC(C)=O)c1cccc(C)c1C. The van der Waals surface area contributed by atoms with E-state index < -0.39 is 17.9 Å². The minimum atomic E-state index is -1.06. The van der Waals surface area contributed by atoms with Crippen molar-refractivity contribution in [1.29, 1.82) is 0 Å². The zero-order valence-electron chi connectivity index (χ0n) is 13.0. The minimum absolute atomic E-state index is 0.309. The average Bonchev–Trinajstić information content (AvgIpc) is 2.40. The maximum absolute atomic E-state index is 12.0. The summed E-state index contributed by atoms with van der Waals surface area (Å²) in [5.41, 5.74) is 2.71. The van der Waals surface area contributed by atoms with Crippen LogP contribution in [0.25, 0.3) is 0 Å². The summed E-state index contributed by atoms with van der Waals surface area (Å²) in [7, 11) is 1.23. The van der Waals surface area contributed by atoms with Gasteiger partial charge in [0.15, 0.2) is 0 Å². The number of esters is 1. The van der Waals surface area contributed by atoms with Crippen LogP contribution < -0.4 is 5.32 Å². The summed E-state index contributed by atoms with van der Waals surface area (Å²) in [6.45, 7) is 6.51. The van der Waals surface area contributed by atoms with Crippen LogP contribution in [-0.2, 0) is 19.1 Å². The van der Waals surface area contributed by atoms with E-state index in [0.717, 1.165) is 16.7 Å². The second-order valence-corrected chi connectivity index (χ2v) is 5.08. The van der Waals surface area contributed by atoms with Crippen molar-refractivity contribution >= 4 is 17.7 Å². The smallest absolute Gasteiger partial charge is 0.318 e. The Morgan fingerprint density at radius 3 is 2.24 bits per heavy atom. The summed E-state index contributed by atoms with van der Waals surface area (Å²) in [4.78, 5) is 35.3. The molecule has 1 aromatic carbocycles. The zero-order chi connectivity index (χ0) is 16.2. The highest BCUT2D eigenvalue weighted by Crippen LogP contribution is 2.28. The van der Waals surface area contributed by atoms with Crippen LogP contribution in [0.1, 0.15) is 36.6 Å². The van der Waals surface area contributed by atoms with E-state index in [4.69, 9.17) is 4.74 Å². The molecular formula is C16H21NO4. The summed E-state index contributed by atoms with van der Waals surface area (Å²) < 4.78 is 4.72. The van der Waals surface area contributed by atoms with Crippen LogP contribution >= 0.6 is 0 Å². The first-order valence-corrected chi connectivity index (χ1v) is 6.71. The average molecular weight is 291 g/mol. The van der Waals surface area contributed by atoms with Crippen LogP contribution in [0, 0.1) is 19.8 Å². The molecule has 1 aromatic rings. The summed E-state index contributed by atoms with van der Waals surface area (Å²) in [6, 6.07) is 4.85. The van der Waals surface area contributed by atoms with Gasteiger partial charge in [-0.2, -0.15) is 0 Å². The van der Waals surface area contributed by atoms with Crippen molar-refractivity contribution in [3.05, 3.63) is 34.9 Å². The van der Waals surface area contributed by atoms with Crippen LogP contribution in [0.4, 0.5) is 0 Å². The predicted molar refractivity (Wildman–Crippen MR) is 78.7 cm³/mol. The summed E-state index contributed by atoms with van der Waals surface area (Å²) in [5, 5.41) is 2.70. The standard InChI is InChI=1S/C16H21NO4/c1-9-7-6-8-13(10(9)2)15(17-12(4)19)14(11(3)18)16(20)21-5/h6-8,14-15H,1-5H3,(H,17,19)/t14-,15-/m0/s1. The van der Waals surface area contributed by atoms with Crippen molar-refractivity contribution in [2.24, 2.45) is 5.92 Å². The number of nitrogens with one attached hydrogen (secondary N) is 1. The number of hydrogen-bond donors (Lipinski definition) is 1. The Balaban J connectivity index is 3.39. The third kappa shape index (κ3) is 3.90. The maximum Gasteiger partial charge on any atom is 0.318 e.